The van der Waals surface area contributed by atoms with E-state index in [2.05, 4.69) is 34.1 Å². The Morgan fingerprint density at radius 1 is 1.38 bits per heavy atom. The molecular weight excluding hydrogens is 544 g/mol. The second-order valence-electron chi connectivity index (χ2n) is 8.93. The molecule has 0 unspecified atom stereocenters. The zero-order chi connectivity index (χ0) is 26.9. The van der Waals surface area contributed by atoms with Crippen LogP contribution in [0.15, 0.2) is 29.3 Å². The molecule has 192 valence electrons. The van der Waals surface area contributed by atoms with Gasteiger partial charge in [0.2, 0.25) is 4.80 Å². The largest absolute Gasteiger partial charge is 0.481 e. The van der Waals surface area contributed by atoms with Crippen LogP contribution < -0.4 is 14.4 Å². The number of ether oxygens (including phenoxy) is 1. The van der Waals surface area contributed by atoms with E-state index in [0.29, 0.717) is 16.2 Å². The third-order valence-corrected chi connectivity index (χ3v) is 6.74. The van der Waals surface area contributed by atoms with Crippen LogP contribution in [0.3, 0.4) is 0 Å². The van der Waals surface area contributed by atoms with Gasteiger partial charge in [-0.2, -0.15) is 4.37 Å². The summed E-state index contributed by atoms with van der Waals surface area (Å²) in [5.41, 5.74) is 0.455. The maximum atomic E-state index is 14.5. The minimum Gasteiger partial charge on any atom is -0.481 e. The van der Waals surface area contributed by atoms with E-state index in [-0.39, 0.29) is 46.0 Å². The summed E-state index contributed by atoms with van der Waals surface area (Å²) >= 11 is 12.2. The van der Waals surface area contributed by atoms with E-state index >= 15 is 0 Å². The summed E-state index contributed by atoms with van der Waals surface area (Å²) in [5.74, 6) is 1.74. The molecule has 1 aromatic carbocycles. The number of aromatic carboxylic acids is 1. The van der Waals surface area contributed by atoms with Crippen molar-refractivity contribution in [1.29, 1.82) is 0 Å². The summed E-state index contributed by atoms with van der Waals surface area (Å²) in [7, 11) is 0. The lowest BCUT2D eigenvalue weighted by Crippen LogP contribution is -2.39. The topological polar surface area (TPSA) is 110 Å². The first kappa shape index (κ1) is 26.6. The molecule has 0 spiro atoms. The third-order valence-electron chi connectivity index (χ3n) is 5.45. The summed E-state index contributed by atoms with van der Waals surface area (Å²) < 4.78 is 26.3. The van der Waals surface area contributed by atoms with Crippen LogP contribution in [0.25, 0.3) is 0 Å². The van der Waals surface area contributed by atoms with Crippen molar-refractivity contribution in [3.05, 3.63) is 56.6 Å². The Morgan fingerprint density at radius 2 is 2.14 bits per heavy atom. The number of hydrogen-bond acceptors (Lipinski definition) is 7. The quantitative estimate of drug-likeness (QED) is 0.375. The second kappa shape index (κ2) is 10.5. The summed E-state index contributed by atoms with van der Waals surface area (Å²) in [6.45, 7) is 5.05. The van der Waals surface area contributed by atoms with Gasteiger partial charge >= 0.3 is 5.97 Å². The van der Waals surface area contributed by atoms with Gasteiger partial charge in [0.25, 0.3) is 5.91 Å². The number of rotatable bonds is 3. The zero-order valence-electron chi connectivity index (χ0n) is 19.7. The van der Waals surface area contributed by atoms with Gasteiger partial charge in [-0.25, -0.2) is 19.2 Å². The highest BCUT2D eigenvalue weighted by Crippen LogP contribution is 2.37. The van der Waals surface area contributed by atoms with Crippen molar-refractivity contribution in [2.45, 2.75) is 26.8 Å². The molecule has 0 fully saturated rings. The van der Waals surface area contributed by atoms with Crippen molar-refractivity contribution in [2.24, 2.45) is 10.4 Å². The highest BCUT2D eigenvalue weighted by atomic mass is 35.5. The third kappa shape index (κ3) is 5.77. The number of aromatic nitrogens is 3. The van der Waals surface area contributed by atoms with Crippen LogP contribution in [-0.4, -0.2) is 44.1 Å². The molecule has 13 heteroatoms. The first-order chi connectivity index (χ1) is 17.5. The minimum absolute atomic E-state index is 0.0851. The lowest BCUT2D eigenvalue weighted by Gasteiger charge is -2.28. The molecule has 1 amide bonds. The van der Waals surface area contributed by atoms with Crippen molar-refractivity contribution in [1.82, 2.24) is 13.9 Å². The summed E-state index contributed by atoms with van der Waals surface area (Å²) in [4.78, 5) is 32.4. The molecule has 0 atom stereocenters. The monoisotopic (exact) mass is 563 g/mol. The van der Waals surface area contributed by atoms with Gasteiger partial charge in [0, 0.05) is 30.6 Å². The number of halogens is 3. The molecule has 0 saturated carbocycles. The predicted molar refractivity (Wildman–Crippen MR) is 137 cm³/mol. The molecule has 2 aliphatic heterocycles. The molecule has 2 aromatic heterocycles. The lowest BCUT2D eigenvalue weighted by molar-refractivity contribution is -0.121. The number of pyridine rings is 1. The number of anilines is 1. The number of benzene rings is 1. The normalized spacial score (nSPS) is 15.7. The molecule has 5 rings (SSSR count). The molecule has 9 nitrogen and oxygen atoms in total. The van der Waals surface area contributed by atoms with Crippen molar-refractivity contribution in [3.8, 4) is 18.1 Å². The Hall–Kier alpha value is -3.46. The average Bonchev–Trinajstić information content (AvgIpc) is 3.33. The lowest BCUT2D eigenvalue weighted by atomic mass is 9.92. The van der Waals surface area contributed by atoms with Crippen LogP contribution in [-0.2, 0) is 17.8 Å². The van der Waals surface area contributed by atoms with Crippen LogP contribution in [0.1, 0.15) is 30.2 Å². The van der Waals surface area contributed by atoms with Crippen molar-refractivity contribution in [3.63, 3.8) is 0 Å². The van der Waals surface area contributed by atoms with E-state index in [4.69, 9.17) is 39.5 Å². The van der Waals surface area contributed by atoms with Crippen molar-refractivity contribution < 1.29 is 23.8 Å². The SMILES string of the molecule is C#CCN1C(=O)COc2cc(F)c(/N=c3\snc4n3CC(C)(C)C4)cc21.O=C(O)c1nc(Cl)ccc1Cl. The standard InChI is InChI=1S/C18H17FN4O2S.C6H3Cl2NO2/c1-4-5-22-13-7-12(11(19)6-14(13)25-9-16(22)24)20-17-23-10-18(2,3)8-15(23)21-26-17;7-3-1-2-4(8)9-5(3)6(10)11/h1,6-7H,5,8-10H2,2-3H3;1-2H,(H,10,11)/b20-17-;. The van der Waals surface area contributed by atoms with E-state index in [1.807, 2.05) is 4.57 Å². The number of carboxylic acids is 1. The molecule has 1 N–H and O–H groups in total. The average molecular weight is 564 g/mol. The van der Waals surface area contributed by atoms with Gasteiger partial charge in [-0.05, 0) is 23.6 Å². The maximum Gasteiger partial charge on any atom is 0.356 e. The van der Waals surface area contributed by atoms with Crippen LogP contribution in [0.5, 0.6) is 5.75 Å². The Bertz CT molecular complexity index is 1510. The van der Waals surface area contributed by atoms with Gasteiger partial charge in [0.15, 0.2) is 18.1 Å². The fraction of sp³-hybridized carbons (Fsp3) is 0.292. The molecular formula is C24H20Cl2FN5O4S. The fourth-order valence-corrected chi connectivity index (χ4v) is 4.91. The van der Waals surface area contributed by atoms with Gasteiger partial charge in [-0.1, -0.05) is 43.0 Å². The van der Waals surface area contributed by atoms with Crippen molar-refractivity contribution in [2.75, 3.05) is 18.1 Å². The summed E-state index contributed by atoms with van der Waals surface area (Å²) in [5, 5.41) is 8.69. The molecule has 3 aromatic rings. The zero-order valence-corrected chi connectivity index (χ0v) is 22.0. The summed E-state index contributed by atoms with van der Waals surface area (Å²) in [6, 6.07) is 5.57. The van der Waals surface area contributed by atoms with Crippen LogP contribution in [0.2, 0.25) is 10.2 Å². The number of carbonyl (C=O) groups is 2. The summed E-state index contributed by atoms with van der Waals surface area (Å²) in [6.07, 6.45) is 6.22. The van der Waals surface area contributed by atoms with Gasteiger partial charge in [-0.15, -0.1) is 6.42 Å². The second-order valence-corrected chi connectivity index (χ2v) is 10.5. The minimum atomic E-state index is -1.18. The molecule has 0 radical (unpaired) electrons. The van der Waals surface area contributed by atoms with Crippen LogP contribution in [0.4, 0.5) is 15.8 Å². The molecule has 0 aliphatic carbocycles. The number of terminal acetylenes is 1. The van der Waals surface area contributed by atoms with Crippen LogP contribution in [0, 0.1) is 23.6 Å². The van der Waals surface area contributed by atoms with E-state index in [1.54, 1.807) is 0 Å². The van der Waals surface area contributed by atoms with Gasteiger partial charge in [0.05, 0.1) is 17.3 Å². The number of amides is 1. The molecule has 0 bridgehead atoms. The van der Waals surface area contributed by atoms with Gasteiger partial charge in [0.1, 0.15) is 22.4 Å². The molecule has 2 aliphatic rings. The highest BCUT2D eigenvalue weighted by molar-refractivity contribution is 7.02. The van der Waals surface area contributed by atoms with E-state index in [9.17, 15) is 14.0 Å². The van der Waals surface area contributed by atoms with Crippen molar-refractivity contribution >= 4 is 58.0 Å². The van der Waals surface area contributed by atoms with E-state index in [1.165, 1.54) is 40.7 Å². The Morgan fingerprint density at radius 3 is 2.81 bits per heavy atom. The number of nitrogens with zero attached hydrogens (tertiary/aromatic N) is 5. The Labute approximate surface area is 225 Å². The molecule has 0 saturated heterocycles. The number of carbonyl (C=O) groups excluding carboxylic acids is 1. The molecule has 4 heterocycles. The first-order valence-electron chi connectivity index (χ1n) is 10.8. The first-order valence-corrected chi connectivity index (χ1v) is 12.4. The predicted octanol–water partition coefficient (Wildman–Crippen LogP) is 4.34. The van der Waals surface area contributed by atoms with Gasteiger partial charge in [-0.3, -0.25) is 9.69 Å². The van der Waals surface area contributed by atoms with Gasteiger partial charge < -0.3 is 14.4 Å². The Balaban J connectivity index is 0.000000245. The number of carboxylic acid groups (broad SMARTS) is 1. The smallest absolute Gasteiger partial charge is 0.356 e. The van der Waals surface area contributed by atoms with E-state index in [0.717, 1.165) is 18.8 Å². The Kier molecular flexibility index (Phi) is 7.54. The van der Waals surface area contributed by atoms with Crippen LogP contribution >= 0.6 is 34.7 Å². The number of hydrogen-bond donors (Lipinski definition) is 1. The maximum absolute atomic E-state index is 14.5. The van der Waals surface area contributed by atoms with E-state index < -0.39 is 11.8 Å². The molecule has 37 heavy (non-hydrogen) atoms. The highest BCUT2D eigenvalue weighted by Gasteiger charge is 2.31. The number of fused-ring (bicyclic) bond motifs is 2. The fourth-order valence-electron chi connectivity index (χ4n) is 3.81.